The van der Waals surface area contributed by atoms with Crippen molar-refractivity contribution in [3.8, 4) is 11.5 Å². The third-order valence-corrected chi connectivity index (χ3v) is 5.86. The number of para-hydroxylation sites is 1. The van der Waals surface area contributed by atoms with E-state index in [2.05, 4.69) is 26.6 Å². The van der Waals surface area contributed by atoms with E-state index in [1.807, 2.05) is 0 Å². The molecule has 1 aliphatic heterocycles. The third kappa shape index (κ3) is 6.12. The van der Waals surface area contributed by atoms with Gasteiger partial charge in [0.1, 0.15) is 30.5 Å². The minimum absolute atomic E-state index is 0.0578. The first-order valence-corrected chi connectivity index (χ1v) is 11.7. The number of carbonyl (C=O) groups excluding carboxylic acids is 3. The number of imide groups is 1. The highest BCUT2D eigenvalue weighted by Crippen LogP contribution is 2.38. The Labute approximate surface area is 219 Å². The molecule has 2 N–H and O–H groups in total. The molecule has 0 bridgehead atoms. The number of benzene rings is 3. The zero-order chi connectivity index (χ0) is 26.5. The molecule has 0 aliphatic carbocycles. The van der Waals surface area contributed by atoms with Crippen LogP contribution in [0.25, 0.3) is 6.08 Å². The van der Waals surface area contributed by atoms with Crippen molar-refractivity contribution in [3.05, 3.63) is 93.6 Å². The summed E-state index contributed by atoms with van der Waals surface area (Å²) in [7, 11) is 1.45. The Balaban J connectivity index is 1.47. The van der Waals surface area contributed by atoms with E-state index in [9.17, 15) is 23.2 Å². The van der Waals surface area contributed by atoms with Crippen LogP contribution in [0.5, 0.6) is 11.5 Å². The molecule has 3 aromatic carbocycles. The molecule has 3 aromatic rings. The molecule has 0 radical (unpaired) electrons. The number of ether oxygens (including phenoxy) is 2. The topological polar surface area (TPSA) is 97.0 Å². The van der Waals surface area contributed by atoms with Crippen molar-refractivity contribution in [3.63, 3.8) is 0 Å². The van der Waals surface area contributed by atoms with E-state index >= 15 is 0 Å². The number of hydrogen-bond acceptors (Lipinski definition) is 5. The maximum atomic E-state index is 13.8. The van der Waals surface area contributed by atoms with Crippen LogP contribution in [0, 0.1) is 11.6 Å². The zero-order valence-electron chi connectivity index (χ0n) is 19.4. The summed E-state index contributed by atoms with van der Waals surface area (Å²) in [6, 6.07) is 13.9. The van der Waals surface area contributed by atoms with Crippen LogP contribution >= 0.6 is 15.9 Å². The number of amides is 4. The van der Waals surface area contributed by atoms with Gasteiger partial charge in [-0.1, -0.05) is 24.3 Å². The van der Waals surface area contributed by atoms with Gasteiger partial charge in [-0.3, -0.25) is 9.59 Å². The van der Waals surface area contributed by atoms with Crippen molar-refractivity contribution < 1.29 is 32.6 Å². The van der Waals surface area contributed by atoms with E-state index in [4.69, 9.17) is 9.47 Å². The number of anilines is 1. The minimum Gasteiger partial charge on any atom is -0.493 e. The van der Waals surface area contributed by atoms with Crippen LogP contribution in [0.3, 0.4) is 0 Å². The monoisotopic (exact) mass is 571 g/mol. The highest BCUT2D eigenvalue weighted by Gasteiger charge is 2.35. The first-order chi connectivity index (χ1) is 17.7. The standard InChI is InChI=1S/C26H20BrF2N3O5/c1-36-22-12-16(10-18(27)24(22)37-14-15-6-8-17(28)9-7-15)11-21-25(34)32(26(35)31-21)13-23(33)30-20-5-3-2-4-19(20)29/h2-12H,13-14H2,1H3,(H,30,33)(H,31,35)/b21-11+. The number of carbonyl (C=O) groups is 3. The molecular formula is C26H20BrF2N3O5. The van der Waals surface area contributed by atoms with Gasteiger partial charge in [0.05, 0.1) is 17.3 Å². The van der Waals surface area contributed by atoms with Crippen molar-refractivity contribution in [2.24, 2.45) is 0 Å². The highest BCUT2D eigenvalue weighted by molar-refractivity contribution is 9.10. The van der Waals surface area contributed by atoms with Gasteiger partial charge in [0, 0.05) is 0 Å². The van der Waals surface area contributed by atoms with Gasteiger partial charge in [0.15, 0.2) is 11.5 Å². The smallest absolute Gasteiger partial charge is 0.329 e. The number of nitrogens with zero attached hydrogens (tertiary/aromatic N) is 1. The van der Waals surface area contributed by atoms with E-state index in [1.165, 1.54) is 43.5 Å². The maximum Gasteiger partial charge on any atom is 0.329 e. The number of nitrogens with one attached hydrogen (secondary N) is 2. The summed E-state index contributed by atoms with van der Waals surface area (Å²) in [5, 5.41) is 4.77. The number of rotatable bonds is 8. The fraction of sp³-hybridized carbons (Fsp3) is 0.115. The molecule has 0 saturated carbocycles. The lowest BCUT2D eigenvalue weighted by Crippen LogP contribution is -2.38. The summed E-state index contributed by atoms with van der Waals surface area (Å²) in [4.78, 5) is 38.2. The van der Waals surface area contributed by atoms with Crippen molar-refractivity contribution in [2.45, 2.75) is 6.61 Å². The fourth-order valence-electron chi connectivity index (χ4n) is 3.48. The van der Waals surface area contributed by atoms with Gasteiger partial charge in [0.2, 0.25) is 5.91 Å². The van der Waals surface area contributed by atoms with Crippen LogP contribution < -0.4 is 20.1 Å². The van der Waals surface area contributed by atoms with Crippen LogP contribution in [0.15, 0.2) is 70.8 Å². The molecule has 11 heteroatoms. The van der Waals surface area contributed by atoms with Gasteiger partial charge < -0.3 is 20.1 Å². The predicted molar refractivity (Wildman–Crippen MR) is 135 cm³/mol. The van der Waals surface area contributed by atoms with Crippen LogP contribution in [0.4, 0.5) is 19.3 Å². The molecule has 190 valence electrons. The second-order valence-electron chi connectivity index (χ2n) is 7.86. The molecule has 1 aliphatic rings. The van der Waals surface area contributed by atoms with Crippen molar-refractivity contribution in [1.29, 1.82) is 0 Å². The van der Waals surface area contributed by atoms with Gasteiger partial charge in [-0.2, -0.15) is 0 Å². The van der Waals surface area contributed by atoms with Gasteiger partial charge in [-0.25, -0.2) is 18.5 Å². The second-order valence-corrected chi connectivity index (χ2v) is 8.71. The van der Waals surface area contributed by atoms with Crippen LogP contribution in [0.1, 0.15) is 11.1 Å². The van der Waals surface area contributed by atoms with Crippen molar-refractivity contribution >= 4 is 45.5 Å². The maximum absolute atomic E-state index is 13.8. The minimum atomic E-state index is -0.787. The van der Waals surface area contributed by atoms with E-state index in [-0.39, 0.29) is 23.8 Å². The molecule has 1 heterocycles. The molecule has 4 rings (SSSR count). The first kappa shape index (κ1) is 25.8. The molecule has 37 heavy (non-hydrogen) atoms. The molecular weight excluding hydrogens is 552 g/mol. The number of hydrogen-bond donors (Lipinski definition) is 2. The molecule has 0 atom stereocenters. The molecule has 1 fully saturated rings. The molecule has 0 spiro atoms. The van der Waals surface area contributed by atoms with E-state index in [0.29, 0.717) is 26.4 Å². The quantitative estimate of drug-likeness (QED) is 0.298. The van der Waals surface area contributed by atoms with Crippen LogP contribution in [-0.4, -0.2) is 36.4 Å². The summed E-state index contributed by atoms with van der Waals surface area (Å²) < 4.78 is 38.7. The number of methoxy groups -OCH3 is 1. The summed E-state index contributed by atoms with van der Waals surface area (Å²) in [6.45, 7) is -0.437. The highest BCUT2D eigenvalue weighted by atomic mass is 79.9. The Bertz CT molecular complexity index is 1400. The largest absolute Gasteiger partial charge is 0.493 e. The summed E-state index contributed by atoms with van der Waals surface area (Å²) >= 11 is 3.42. The van der Waals surface area contributed by atoms with E-state index in [0.717, 1.165) is 5.56 Å². The molecule has 4 amide bonds. The van der Waals surface area contributed by atoms with Gasteiger partial charge in [-0.05, 0) is 69.5 Å². The first-order valence-electron chi connectivity index (χ1n) is 10.9. The normalized spacial score (nSPS) is 14.1. The lowest BCUT2D eigenvalue weighted by Gasteiger charge is -2.14. The van der Waals surface area contributed by atoms with E-state index < -0.39 is 30.2 Å². The van der Waals surface area contributed by atoms with Crippen molar-refractivity contribution in [2.75, 3.05) is 19.0 Å². The average molecular weight is 572 g/mol. The molecule has 1 saturated heterocycles. The average Bonchev–Trinajstić information content (AvgIpc) is 3.12. The van der Waals surface area contributed by atoms with Gasteiger partial charge in [-0.15, -0.1) is 0 Å². The predicted octanol–water partition coefficient (Wildman–Crippen LogP) is 4.85. The number of urea groups is 1. The summed E-state index contributed by atoms with van der Waals surface area (Å²) in [5.74, 6) is -1.71. The Hall–Kier alpha value is -4.25. The second kappa shape index (κ2) is 11.2. The van der Waals surface area contributed by atoms with Crippen molar-refractivity contribution in [1.82, 2.24) is 10.2 Å². The lowest BCUT2D eigenvalue weighted by molar-refractivity contribution is -0.127. The zero-order valence-corrected chi connectivity index (χ0v) is 21.0. The summed E-state index contributed by atoms with van der Waals surface area (Å²) in [5.41, 5.74) is 1.13. The summed E-state index contributed by atoms with van der Waals surface area (Å²) in [6.07, 6.45) is 1.42. The van der Waals surface area contributed by atoms with Crippen LogP contribution in [-0.2, 0) is 16.2 Å². The Morgan fingerprint density at radius 2 is 1.84 bits per heavy atom. The van der Waals surface area contributed by atoms with Gasteiger partial charge >= 0.3 is 6.03 Å². The Morgan fingerprint density at radius 3 is 2.54 bits per heavy atom. The molecule has 0 aromatic heterocycles. The Morgan fingerprint density at radius 1 is 1.11 bits per heavy atom. The Kier molecular flexibility index (Phi) is 7.83. The molecule has 8 nitrogen and oxygen atoms in total. The third-order valence-electron chi connectivity index (χ3n) is 5.27. The number of halogens is 3. The van der Waals surface area contributed by atoms with Crippen LogP contribution in [0.2, 0.25) is 0 Å². The molecule has 0 unspecified atom stereocenters. The lowest BCUT2D eigenvalue weighted by atomic mass is 10.1. The fourth-order valence-corrected chi connectivity index (χ4v) is 4.05. The van der Waals surface area contributed by atoms with Gasteiger partial charge in [0.25, 0.3) is 5.91 Å². The SMILES string of the molecule is COc1cc(/C=C2/NC(=O)N(CC(=O)Nc3ccccc3F)C2=O)cc(Br)c1OCc1ccc(F)cc1. The van der Waals surface area contributed by atoms with E-state index in [1.54, 1.807) is 30.3 Å².